The molecule has 0 bridgehead atoms. The summed E-state index contributed by atoms with van der Waals surface area (Å²) in [4.78, 5) is 11.7. The molecule has 1 heterocycles. The van der Waals surface area contributed by atoms with Gasteiger partial charge in [0.15, 0.2) is 0 Å². The number of ether oxygens (including phenoxy) is 1. The van der Waals surface area contributed by atoms with Crippen molar-refractivity contribution in [1.82, 2.24) is 0 Å². The molecule has 102 valence electrons. The molecule has 2 nitrogen and oxygen atoms in total. The Balaban J connectivity index is 1.80. The van der Waals surface area contributed by atoms with Gasteiger partial charge in [-0.25, -0.2) is 4.79 Å². The minimum absolute atomic E-state index is 0.205. The fraction of sp³-hybridized carbons (Fsp3) is 0.438. The number of rotatable bonds is 4. The quantitative estimate of drug-likeness (QED) is 0.469. The summed E-state index contributed by atoms with van der Waals surface area (Å²) in [5, 5.41) is 0. The third-order valence-corrected chi connectivity index (χ3v) is 7.80. The summed E-state index contributed by atoms with van der Waals surface area (Å²) in [5.74, 6) is -0.205. The minimum Gasteiger partial charge on any atom is -0.458 e. The van der Waals surface area contributed by atoms with Crippen molar-refractivity contribution in [3.8, 4) is 0 Å². The molecule has 3 heteroatoms. The van der Waals surface area contributed by atoms with Crippen LogP contribution in [0.3, 0.4) is 0 Å². The van der Waals surface area contributed by atoms with E-state index in [0.29, 0.717) is 6.61 Å². The fourth-order valence-electron chi connectivity index (χ4n) is 2.57. The molecule has 0 N–H and O–H groups in total. The van der Waals surface area contributed by atoms with Crippen molar-refractivity contribution in [2.75, 3.05) is 0 Å². The first-order valence-electron chi connectivity index (χ1n) is 7.08. The van der Waals surface area contributed by atoms with E-state index < -0.39 is 8.07 Å². The van der Waals surface area contributed by atoms with Crippen molar-refractivity contribution in [2.24, 2.45) is 0 Å². The molecule has 1 aliphatic heterocycles. The summed E-state index contributed by atoms with van der Waals surface area (Å²) in [6.07, 6.45) is 5.67. The van der Waals surface area contributed by atoms with Crippen LogP contribution in [0.5, 0.6) is 0 Å². The van der Waals surface area contributed by atoms with E-state index in [2.05, 4.69) is 12.2 Å². The molecular formula is C16H22O2Si. The average molecular weight is 274 g/mol. The Morgan fingerprint density at radius 1 is 1.21 bits per heavy atom. The van der Waals surface area contributed by atoms with E-state index in [-0.39, 0.29) is 5.97 Å². The summed E-state index contributed by atoms with van der Waals surface area (Å²) in [6.45, 7) is 2.73. The molecule has 0 radical (unpaired) electrons. The molecular weight excluding hydrogens is 252 g/mol. The first-order chi connectivity index (χ1) is 9.18. The Hall–Kier alpha value is -1.35. The molecule has 0 aromatic heterocycles. The van der Waals surface area contributed by atoms with Gasteiger partial charge >= 0.3 is 5.97 Å². The van der Waals surface area contributed by atoms with E-state index in [1.165, 1.54) is 31.4 Å². The summed E-state index contributed by atoms with van der Waals surface area (Å²) in [6, 6.07) is 12.4. The van der Waals surface area contributed by atoms with Gasteiger partial charge in [0.2, 0.25) is 0 Å². The topological polar surface area (TPSA) is 26.3 Å². The van der Waals surface area contributed by atoms with Crippen LogP contribution in [0.1, 0.15) is 24.8 Å². The lowest BCUT2D eigenvalue weighted by molar-refractivity contribution is -0.139. The maximum atomic E-state index is 11.7. The molecule has 2 rings (SSSR count). The Labute approximate surface area is 116 Å². The van der Waals surface area contributed by atoms with Gasteiger partial charge in [0.25, 0.3) is 0 Å². The monoisotopic (exact) mass is 274 g/mol. The van der Waals surface area contributed by atoms with Gasteiger partial charge in [0.05, 0.1) is 8.07 Å². The zero-order valence-electron chi connectivity index (χ0n) is 11.6. The van der Waals surface area contributed by atoms with Gasteiger partial charge in [0.1, 0.15) is 6.61 Å². The Morgan fingerprint density at radius 2 is 1.89 bits per heavy atom. The molecule has 0 aliphatic carbocycles. The van der Waals surface area contributed by atoms with E-state index in [1.54, 1.807) is 6.08 Å². The third kappa shape index (κ3) is 4.67. The number of esters is 1. The van der Waals surface area contributed by atoms with E-state index in [0.717, 1.165) is 5.56 Å². The fourth-order valence-corrected chi connectivity index (χ4v) is 5.81. The number of carbonyl (C=O) groups is 1. The molecule has 0 amide bonds. The molecule has 19 heavy (non-hydrogen) atoms. The average Bonchev–Trinajstić information content (AvgIpc) is 2.45. The van der Waals surface area contributed by atoms with Crippen molar-refractivity contribution in [1.29, 1.82) is 0 Å². The second kappa shape index (κ2) is 6.71. The van der Waals surface area contributed by atoms with Gasteiger partial charge in [-0.1, -0.05) is 73.9 Å². The van der Waals surface area contributed by atoms with E-state index >= 15 is 0 Å². The lowest BCUT2D eigenvalue weighted by Gasteiger charge is -2.27. The highest BCUT2D eigenvalue weighted by Gasteiger charge is 2.26. The highest BCUT2D eigenvalue weighted by molar-refractivity contribution is 6.83. The van der Waals surface area contributed by atoms with Crippen molar-refractivity contribution in [3.63, 3.8) is 0 Å². The van der Waals surface area contributed by atoms with Gasteiger partial charge in [0, 0.05) is 6.08 Å². The zero-order chi connectivity index (χ0) is 13.6. The molecule has 1 aliphatic rings. The summed E-state index contributed by atoms with van der Waals surface area (Å²) in [5.41, 5.74) is 3.21. The lowest BCUT2D eigenvalue weighted by Crippen LogP contribution is -2.30. The van der Waals surface area contributed by atoms with E-state index in [1.807, 2.05) is 30.3 Å². The van der Waals surface area contributed by atoms with Crippen molar-refractivity contribution < 1.29 is 9.53 Å². The highest BCUT2D eigenvalue weighted by Crippen LogP contribution is 2.29. The maximum Gasteiger partial charge on any atom is 0.330 e. The van der Waals surface area contributed by atoms with Crippen LogP contribution in [0.4, 0.5) is 0 Å². The highest BCUT2D eigenvalue weighted by atomic mass is 28.3. The largest absolute Gasteiger partial charge is 0.458 e. The van der Waals surface area contributed by atoms with Crippen molar-refractivity contribution >= 4 is 14.0 Å². The van der Waals surface area contributed by atoms with Gasteiger partial charge in [-0.15, -0.1) is 0 Å². The number of carbonyl (C=O) groups excluding carboxylic acids is 1. The molecule has 0 atom stereocenters. The molecule has 0 unspecified atom stereocenters. The first kappa shape index (κ1) is 14.1. The van der Waals surface area contributed by atoms with Crippen LogP contribution in [0.2, 0.25) is 18.6 Å². The van der Waals surface area contributed by atoms with Crippen LogP contribution in [-0.2, 0) is 16.1 Å². The molecule has 1 aromatic rings. The minimum atomic E-state index is -1.29. The van der Waals surface area contributed by atoms with Crippen molar-refractivity contribution in [2.45, 2.75) is 44.5 Å². The summed E-state index contributed by atoms with van der Waals surface area (Å²) in [7, 11) is -1.29. The van der Waals surface area contributed by atoms with Gasteiger partial charge < -0.3 is 4.74 Å². The predicted molar refractivity (Wildman–Crippen MR) is 80.5 cm³/mol. The predicted octanol–water partition coefficient (Wildman–Crippen LogP) is 4.09. The Kier molecular flexibility index (Phi) is 4.97. The van der Waals surface area contributed by atoms with Crippen LogP contribution in [0.15, 0.2) is 42.1 Å². The van der Waals surface area contributed by atoms with E-state index in [9.17, 15) is 4.79 Å². The zero-order valence-corrected chi connectivity index (χ0v) is 12.6. The number of benzene rings is 1. The van der Waals surface area contributed by atoms with Crippen LogP contribution in [0, 0.1) is 0 Å². The van der Waals surface area contributed by atoms with Crippen LogP contribution in [0.25, 0.3) is 0 Å². The Bertz CT molecular complexity index is 433. The van der Waals surface area contributed by atoms with Gasteiger partial charge in [-0.3, -0.25) is 0 Å². The second-order valence-electron chi connectivity index (χ2n) is 5.64. The molecule has 1 saturated heterocycles. The normalized spacial score (nSPS) is 18.4. The van der Waals surface area contributed by atoms with Crippen LogP contribution in [-0.4, -0.2) is 14.0 Å². The Morgan fingerprint density at radius 3 is 2.58 bits per heavy atom. The summed E-state index contributed by atoms with van der Waals surface area (Å²) >= 11 is 0. The lowest BCUT2D eigenvalue weighted by atomic mass is 10.2. The second-order valence-corrected chi connectivity index (χ2v) is 10.3. The number of hydrogen-bond donors (Lipinski definition) is 0. The SMILES string of the molecule is C[Si]1(/C=C/C(=O)OCc2ccccc2)CCCCC1. The van der Waals surface area contributed by atoms with Crippen LogP contribution >= 0.6 is 0 Å². The van der Waals surface area contributed by atoms with Crippen LogP contribution < -0.4 is 0 Å². The van der Waals surface area contributed by atoms with E-state index in [4.69, 9.17) is 4.74 Å². The van der Waals surface area contributed by atoms with Gasteiger partial charge in [-0.2, -0.15) is 0 Å². The first-order valence-corrected chi connectivity index (χ1v) is 10.1. The van der Waals surface area contributed by atoms with Crippen molar-refractivity contribution in [3.05, 3.63) is 47.7 Å². The smallest absolute Gasteiger partial charge is 0.330 e. The molecule has 0 spiro atoms. The molecule has 1 aromatic carbocycles. The number of hydrogen-bond acceptors (Lipinski definition) is 2. The standard InChI is InChI=1S/C16H22O2Si/c1-19(11-6-3-7-12-19)13-10-16(17)18-14-15-8-4-2-5-9-15/h2,4-5,8-10,13H,3,6-7,11-12,14H2,1H3/b13-10+. The third-order valence-electron chi connectivity index (χ3n) is 3.84. The molecule has 0 saturated carbocycles. The summed E-state index contributed by atoms with van der Waals surface area (Å²) < 4.78 is 5.26. The molecule has 1 fully saturated rings. The van der Waals surface area contributed by atoms with Gasteiger partial charge in [-0.05, 0) is 5.56 Å². The maximum absolute atomic E-state index is 11.7.